The van der Waals surface area contributed by atoms with Crippen molar-refractivity contribution in [3.05, 3.63) is 16.1 Å². The van der Waals surface area contributed by atoms with Gasteiger partial charge < -0.3 is 0 Å². The van der Waals surface area contributed by atoms with Gasteiger partial charge >= 0.3 is 0 Å². The Labute approximate surface area is 100 Å². The van der Waals surface area contributed by atoms with Crippen LogP contribution in [0.15, 0.2) is 5.38 Å². The molecule has 4 heteroatoms. The van der Waals surface area contributed by atoms with Crippen LogP contribution in [0.4, 0.5) is 0 Å². The van der Waals surface area contributed by atoms with Crippen LogP contribution >= 0.6 is 11.3 Å². The van der Waals surface area contributed by atoms with Crippen molar-refractivity contribution < 1.29 is 4.79 Å². The smallest absolute Gasteiger partial charge is 0.178 e. The van der Waals surface area contributed by atoms with Crippen molar-refractivity contribution in [3.63, 3.8) is 0 Å². The molecule has 0 radical (unpaired) electrons. The van der Waals surface area contributed by atoms with Crippen LogP contribution in [0, 0.1) is 0 Å². The lowest BCUT2D eigenvalue weighted by Crippen LogP contribution is -2.30. The van der Waals surface area contributed by atoms with Gasteiger partial charge in [-0.25, -0.2) is 4.98 Å². The van der Waals surface area contributed by atoms with Crippen molar-refractivity contribution in [1.29, 1.82) is 0 Å². The van der Waals surface area contributed by atoms with Gasteiger partial charge in [0.2, 0.25) is 0 Å². The first-order valence-electron chi connectivity index (χ1n) is 5.81. The molecule has 2 heterocycles. The highest BCUT2D eigenvalue weighted by atomic mass is 32.1. The van der Waals surface area contributed by atoms with Crippen molar-refractivity contribution in [3.8, 4) is 0 Å². The molecule has 1 aromatic heterocycles. The summed E-state index contributed by atoms with van der Waals surface area (Å²) < 4.78 is 0. The Bertz CT molecular complexity index is 386. The highest BCUT2D eigenvalue weighted by Crippen LogP contribution is 2.34. The number of aromatic nitrogens is 1. The van der Waals surface area contributed by atoms with Crippen LogP contribution in [0.25, 0.3) is 0 Å². The SMILES string of the molecule is CC(=O)c1csc(C2CCCN2C(C)C)n1. The lowest BCUT2D eigenvalue weighted by atomic mass is 10.2. The standard InChI is InChI=1S/C12H18N2OS/c1-8(2)14-6-4-5-11(14)12-13-10(7-16-12)9(3)15/h7-8,11H,4-6H2,1-3H3. The summed E-state index contributed by atoms with van der Waals surface area (Å²) in [5, 5.41) is 2.99. The number of rotatable bonds is 3. The van der Waals surface area contributed by atoms with Gasteiger partial charge in [0.1, 0.15) is 10.7 Å². The van der Waals surface area contributed by atoms with E-state index in [1.54, 1.807) is 18.3 Å². The summed E-state index contributed by atoms with van der Waals surface area (Å²) in [6.07, 6.45) is 2.40. The van der Waals surface area contributed by atoms with Gasteiger partial charge in [0.05, 0.1) is 6.04 Å². The monoisotopic (exact) mass is 238 g/mol. The molecular formula is C12H18N2OS. The van der Waals surface area contributed by atoms with Crippen molar-refractivity contribution >= 4 is 17.1 Å². The van der Waals surface area contributed by atoms with Gasteiger partial charge in [0, 0.05) is 18.3 Å². The zero-order valence-corrected chi connectivity index (χ0v) is 10.9. The lowest BCUT2D eigenvalue weighted by molar-refractivity contribution is 0.101. The fourth-order valence-electron chi connectivity index (χ4n) is 2.27. The maximum atomic E-state index is 11.2. The second-order valence-electron chi connectivity index (χ2n) is 4.62. The maximum Gasteiger partial charge on any atom is 0.178 e. The lowest BCUT2D eigenvalue weighted by Gasteiger charge is -2.26. The third kappa shape index (κ3) is 2.18. The molecule has 0 spiro atoms. The highest BCUT2D eigenvalue weighted by Gasteiger charge is 2.30. The first kappa shape index (κ1) is 11.7. The summed E-state index contributed by atoms with van der Waals surface area (Å²) >= 11 is 1.62. The van der Waals surface area contributed by atoms with Gasteiger partial charge in [-0.3, -0.25) is 9.69 Å². The molecule has 1 aromatic rings. The summed E-state index contributed by atoms with van der Waals surface area (Å²) in [6.45, 7) is 7.17. The molecule has 2 rings (SSSR count). The molecule has 0 saturated carbocycles. The van der Waals surface area contributed by atoms with E-state index in [1.807, 2.05) is 5.38 Å². The van der Waals surface area contributed by atoms with E-state index in [1.165, 1.54) is 12.8 Å². The number of hydrogen-bond donors (Lipinski definition) is 0. The number of likely N-dealkylation sites (tertiary alicyclic amines) is 1. The number of hydrogen-bond acceptors (Lipinski definition) is 4. The first-order chi connectivity index (χ1) is 7.59. The van der Waals surface area contributed by atoms with Crippen LogP contribution in [0.3, 0.4) is 0 Å². The molecule has 16 heavy (non-hydrogen) atoms. The Morgan fingerprint density at radius 1 is 1.62 bits per heavy atom. The van der Waals surface area contributed by atoms with Gasteiger partial charge in [-0.15, -0.1) is 11.3 Å². The topological polar surface area (TPSA) is 33.2 Å². The van der Waals surface area contributed by atoms with Crippen LogP contribution in [0.1, 0.15) is 55.2 Å². The Morgan fingerprint density at radius 3 is 2.94 bits per heavy atom. The van der Waals surface area contributed by atoms with Gasteiger partial charge in [0.15, 0.2) is 5.78 Å². The number of nitrogens with zero attached hydrogens (tertiary/aromatic N) is 2. The van der Waals surface area contributed by atoms with Gasteiger partial charge in [0.25, 0.3) is 0 Å². The van der Waals surface area contributed by atoms with Gasteiger partial charge in [-0.2, -0.15) is 0 Å². The summed E-state index contributed by atoms with van der Waals surface area (Å²) in [7, 11) is 0. The van der Waals surface area contributed by atoms with Crippen LogP contribution < -0.4 is 0 Å². The normalized spacial score (nSPS) is 21.9. The molecule has 0 amide bonds. The van der Waals surface area contributed by atoms with E-state index in [-0.39, 0.29) is 5.78 Å². The third-order valence-electron chi connectivity index (χ3n) is 3.13. The molecule has 0 aliphatic carbocycles. The summed E-state index contributed by atoms with van der Waals surface area (Å²) in [6, 6.07) is 0.982. The number of thiazole rings is 1. The quantitative estimate of drug-likeness (QED) is 0.759. The second kappa shape index (κ2) is 4.63. The van der Waals surface area contributed by atoms with E-state index in [9.17, 15) is 4.79 Å². The maximum absolute atomic E-state index is 11.2. The van der Waals surface area contributed by atoms with Crippen LogP contribution in [-0.4, -0.2) is 28.3 Å². The molecule has 1 unspecified atom stereocenters. The number of ketones is 1. The van der Waals surface area contributed by atoms with Gasteiger partial charge in [-0.05, 0) is 33.2 Å². The Hall–Kier alpha value is -0.740. The molecule has 3 nitrogen and oxygen atoms in total. The van der Waals surface area contributed by atoms with E-state index in [2.05, 4.69) is 23.7 Å². The Kier molecular flexibility index (Phi) is 3.40. The van der Waals surface area contributed by atoms with E-state index in [0.29, 0.717) is 17.8 Å². The van der Waals surface area contributed by atoms with Crippen molar-refractivity contribution in [2.45, 2.75) is 45.7 Å². The minimum Gasteiger partial charge on any atom is -0.293 e. The minimum atomic E-state index is 0.0663. The first-order valence-corrected chi connectivity index (χ1v) is 6.69. The second-order valence-corrected chi connectivity index (χ2v) is 5.51. The van der Waals surface area contributed by atoms with E-state index >= 15 is 0 Å². The van der Waals surface area contributed by atoms with Crippen molar-refractivity contribution in [2.75, 3.05) is 6.54 Å². The van der Waals surface area contributed by atoms with Crippen molar-refractivity contribution in [1.82, 2.24) is 9.88 Å². The molecule has 1 saturated heterocycles. The molecule has 1 aliphatic heterocycles. The van der Waals surface area contributed by atoms with E-state index in [4.69, 9.17) is 0 Å². The average Bonchev–Trinajstić information content (AvgIpc) is 2.86. The predicted molar refractivity (Wildman–Crippen MR) is 65.9 cm³/mol. The van der Waals surface area contributed by atoms with Crippen LogP contribution in [0.2, 0.25) is 0 Å². The summed E-state index contributed by atoms with van der Waals surface area (Å²) in [4.78, 5) is 18.1. The molecule has 0 N–H and O–H groups in total. The third-order valence-corrected chi connectivity index (χ3v) is 4.07. The Morgan fingerprint density at radius 2 is 2.38 bits per heavy atom. The molecule has 1 aliphatic rings. The van der Waals surface area contributed by atoms with Crippen molar-refractivity contribution in [2.24, 2.45) is 0 Å². The zero-order chi connectivity index (χ0) is 11.7. The van der Waals surface area contributed by atoms with Crippen LogP contribution in [0.5, 0.6) is 0 Å². The molecule has 0 bridgehead atoms. The fourth-order valence-corrected chi connectivity index (χ4v) is 3.29. The molecule has 1 fully saturated rings. The summed E-state index contributed by atoms with van der Waals surface area (Å²) in [5.41, 5.74) is 0.621. The number of carbonyl (C=O) groups is 1. The fraction of sp³-hybridized carbons (Fsp3) is 0.667. The molecular weight excluding hydrogens is 220 g/mol. The highest BCUT2D eigenvalue weighted by molar-refractivity contribution is 7.09. The zero-order valence-electron chi connectivity index (χ0n) is 10.1. The summed E-state index contributed by atoms with van der Waals surface area (Å²) in [5.74, 6) is 0.0663. The van der Waals surface area contributed by atoms with Crippen LogP contribution in [-0.2, 0) is 0 Å². The van der Waals surface area contributed by atoms with E-state index < -0.39 is 0 Å². The number of carbonyl (C=O) groups excluding carboxylic acids is 1. The number of Topliss-reactive ketones (excluding diaryl/α,β-unsaturated/α-hetero) is 1. The molecule has 0 aromatic carbocycles. The largest absolute Gasteiger partial charge is 0.293 e. The van der Waals surface area contributed by atoms with E-state index in [0.717, 1.165) is 11.6 Å². The average molecular weight is 238 g/mol. The minimum absolute atomic E-state index is 0.0663. The molecule has 88 valence electrons. The predicted octanol–water partition coefficient (Wildman–Crippen LogP) is 2.89. The van der Waals surface area contributed by atoms with Gasteiger partial charge in [-0.1, -0.05) is 0 Å². The Balaban J connectivity index is 2.19. The molecule has 1 atom stereocenters.